The van der Waals surface area contributed by atoms with Crippen LogP contribution in [0.25, 0.3) is 11.0 Å². The third-order valence-electron chi connectivity index (χ3n) is 3.70. The average Bonchev–Trinajstić information content (AvgIpc) is 2.75. The van der Waals surface area contributed by atoms with Crippen molar-refractivity contribution in [2.45, 2.75) is 20.4 Å². The molecule has 3 rings (SSSR count). The predicted octanol–water partition coefficient (Wildman–Crippen LogP) is 2.72. The van der Waals surface area contributed by atoms with Gasteiger partial charge in [0.05, 0.1) is 7.05 Å². The van der Waals surface area contributed by atoms with E-state index in [1.807, 2.05) is 72.8 Å². The number of carbonyl (C=O) groups excluding carboxylic acids is 1. The number of aryl methyl sites for hydroxylation is 3. The molecule has 0 aliphatic heterocycles. The van der Waals surface area contributed by atoms with Crippen LogP contribution in [-0.4, -0.2) is 10.5 Å². The number of nitrogens with zero attached hydrogens (tertiary/aromatic N) is 2. The Labute approximate surface area is 130 Å². The molecule has 4 nitrogen and oxygen atoms in total. The molecule has 0 fully saturated rings. The van der Waals surface area contributed by atoms with Crippen LogP contribution in [-0.2, 0) is 18.4 Å². The molecule has 0 aliphatic rings. The fourth-order valence-corrected chi connectivity index (χ4v) is 2.87. The molecule has 112 valence electrons. The number of nitrogens with one attached hydrogen (secondary N) is 1. The third-order valence-corrected chi connectivity index (χ3v) is 3.70. The maximum absolute atomic E-state index is 12.3. The summed E-state index contributed by atoms with van der Waals surface area (Å²) >= 11 is 0. The van der Waals surface area contributed by atoms with E-state index in [1.54, 1.807) is 0 Å². The van der Waals surface area contributed by atoms with Gasteiger partial charge in [-0.3, -0.25) is 4.79 Å². The normalized spacial score (nSPS) is 10.9. The van der Waals surface area contributed by atoms with E-state index < -0.39 is 0 Å². The van der Waals surface area contributed by atoms with E-state index in [1.165, 1.54) is 0 Å². The average molecular weight is 294 g/mol. The van der Waals surface area contributed by atoms with E-state index in [0.717, 1.165) is 27.8 Å². The van der Waals surface area contributed by atoms with Crippen LogP contribution in [0.5, 0.6) is 0 Å². The summed E-state index contributed by atoms with van der Waals surface area (Å²) in [7, 11) is 1.99. The minimum absolute atomic E-state index is 0.0219. The maximum Gasteiger partial charge on any atom is 0.266 e. The molecule has 1 N–H and O–H groups in total. The number of imidazole rings is 1. The number of fused-ring (bicyclic) bond motifs is 1. The standard InChI is InChI=1S/C18H19N3O/c1-13-8-14(2)10-15(9-13)19-18(22)11-21-12-20(3)16-6-4-5-7-17(16)21/h4-10,12H,11H2,1-3H3/p+1. The summed E-state index contributed by atoms with van der Waals surface area (Å²) in [6, 6.07) is 14.1. The second-order valence-corrected chi connectivity index (χ2v) is 5.77. The SMILES string of the molecule is Cc1cc(C)cc(NC(=O)Cn2c[n+](C)c3ccccc32)c1. The molecule has 4 heteroatoms. The molecule has 0 saturated carbocycles. The molecular weight excluding hydrogens is 274 g/mol. The van der Waals surface area contributed by atoms with Gasteiger partial charge in [0.1, 0.15) is 0 Å². The van der Waals surface area contributed by atoms with Crippen molar-refractivity contribution in [3.63, 3.8) is 0 Å². The highest BCUT2D eigenvalue weighted by atomic mass is 16.1. The zero-order valence-corrected chi connectivity index (χ0v) is 13.1. The number of amides is 1. The molecule has 3 aromatic rings. The summed E-state index contributed by atoms with van der Waals surface area (Å²) < 4.78 is 3.99. The number of carbonyl (C=O) groups is 1. The molecule has 0 bridgehead atoms. The first-order valence-electron chi connectivity index (χ1n) is 7.34. The van der Waals surface area contributed by atoms with Gasteiger partial charge in [0.25, 0.3) is 5.91 Å². The number of anilines is 1. The second-order valence-electron chi connectivity index (χ2n) is 5.77. The van der Waals surface area contributed by atoms with Gasteiger partial charge < -0.3 is 5.32 Å². The van der Waals surface area contributed by atoms with Gasteiger partial charge in [0.15, 0.2) is 17.6 Å². The first-order valence-corrected chi connectivity index (χ1v) is 7.34. The molecule has 0 saturated heterocycles. The van der Waals surface area contributed by atoms with Crippen molar-refractivity contribution in [3.05, 3.63) is 59.9 Å². The molecule has 0 unspecified atom stereocenters. The van der Waals surface area contributed by atoms with Crippen LogP contribution in [0.1, 0.15) is 11.1 Å². The third kappa shape index (κ3) is 2.86. The first kappa shape index (κ1) is 14.3. The molecule has 1 aromatic heterocycles. The Morgan fingerprint density at radius 1 is 1.14 bits per heavy atom. The molecular formula is C18H20N3O+. The van der Waals surface area contributed by atoms with Crippen molar-refractivity contribution in [1.82, 2.24) is 4.57 Å². The van der Waals surface area contributed by atoms with E-state index in [-0.39, 0.29) is 5.91 Å². The summed E-state index contributed by atoms with van der Waals surface area (Å²) in [5.74, 6) is -0.0219. The van der Waals surface area contributed by atoms with Gasteiger partial charge in [-0.25, -0.2) is 9.13 Å². The van der Waals surface area contributed by atoms with E-state index in [2.05, 4.69) is 11.4 Å². The number of benzene rings is 2. The predicted molar refractivity (Wildman–Crippen MR) is 87.7 cm³/mol. The van der Waals surface area contributed by atoms with Crippen LogP contribution in [0.4, 0.5) is 5.69 Å². The van der Waals surface area contributed by atoms with Crippen LogP contribution in [0.2, 0.25) is 0 Å². The Morgan fingerprint density at radius 3 is 2.55 bits per heavy atom. The Balaban J connectivity index is 1.81. The molecule has 1 heterocycles. The lowest BCUT2D eigenvalue weighted by molar-refractivity contribution is -0.645. The molecule has 1 amide bonds. The van der Waals surface area contributed by atoms with Crippen LogP contribution in [0.3, 0.4) is 0 Å². The molecule has 2 aromatic carbocycles. The fourth-order valence-electron chi connectivity index (χ4n) is 2.87. The summed E-state index contributed by atoms with van der Waals surface area (Å²) in [4.78, 5) is 12.3. The van der Waals surface area contributed by atoms with Crippen molar-refractivity contribution in [3.8, 4) is 0 Å². The number of para-hydroxylation sites is 2. The van der Waals surface area contributed by atoms with Gasteiger partial charge in [0.2, 0.25) is 6.33 Å². The van der Waals surface area contributed by atoms with Crippen LogP contribution in [0.15, 0.2) is 48.8 Å². The van der Waals surface area contributed by atoms with Gasteiger partial charge in [0, 0.05) is 5.69 Å². The Bertz CT molecular complexity index is 828. The van der Waals surface area contributed by atoms with E-state index in [4.69, 9.17) is 0 Å². The summed E-state index contributed by atoms with van der Waals surface area (Å²) in [6.07, 6.45) is 1.95. The van der Waals surface area contributed by atoms with Crippen molar-refractivity contribution in [1.29, 1.82) is 0 Å². The van der Waals surface area contributed by atoms with Gasteiger partial charge >= 0.3 is 0 Å². The second kappa shape index (κ2) is 5.64. The highest BCUT2D eigenvalue weighted by Gasteiger charge is 2.15. The smallest absolute Gasteiger partial charge is 0.266 e. The fraction of sp³-hybridized carbons (Fsp3) is 0.222. The number of aromatic nitrogens is 2. The molecule has 0 aliphatic carbocycles. The van der Waals surface area contributed by atoms with Crippen LogP contribution < -0.4 is 9.88 Å². The Hall–Kier alpha value is -2.62. The van der Waals surface area contributed by atoms with E-state index in [9.17, 15) is 4.79 Å². The Kier molecular flexibility index (Phi) is 3.67. The highest BCUT2D eigenvalue weighted by molar-refractivity contribution is 5.91. The quantitative estimate of drug-likeness (QED) is 0.741. The van der Waals surface area contributed by atoms with Gasteiger partial charge in [-0.05, 0) is 49.2 Å². The lowest BCUT2D eigenvalue weighted by Gasteiger charge is -2.06. The minimum Gasteiger partial charge on any atom is -0.323 e. The maximum atomic E-state index is 12.3. The van der Waals surface area contributed by atoms with Crippen molar-refractivity contribution in [2.75, 3.05) is 5.32 Å². The lowest BCUT2D eigenvalue weighted by atomic mass is 10.1. The molecule has 0 radical (unpaired) electrons. The first-order chi connectivity index (χ1) is 10.5. The van der Waals surface area contributed by atoms with Crippen molar-refractivity contribution < 1.29 is 9.36 Å². The van der Waals surface area contributed by atoms with Gasteiger partial charge in [-0.1, -0.05) is 18.2 Å². The summed E-state index contributed by atoms with van der Waals surface area (Å²) in [5, 5.41) is 2.98. The van der Waals surface area contributed by atoms with Gasteiger partial charge in [-0.15, -0.1) is 0 Å². The van der Waals surface area contributed by atoms with Crippen molar-refractivity contribution in [2.24, 2.45) is 7.05 Å². The minimum atomic E-state index is -0.0219. The highest BCUT2D eigenvalue weighted by Crippen LogP contribution is 2.14. The largest absolute Gasteiger partial charge is 0.323 e. The van der Waals surface area contributed by atoms with Crippen LogP contribution in [0, 0.1) is 13.8 Å². The number of rotatable bonds is 3. The zero-order valence-electron chi connectivity index (χ0n) is 13.1. The zero-order chi connectivity index (χ0) is 15.7. The lowest BCUT2D eigenvalue weighted by Crippen LogP contribution is -2.26. The summed E-state index contributed by atoms with van der Waals surface area (Å²) in [6.45, 7) is 4.36. The molecule has 22 heavy (non-hydrogen) atoms. The molecule has 0 spiro atoms. The van der Waals surface area contributed by atoms with E-state index in [0.29, 0.717) is 6.54 Å². The van der Waals surface area contributed by atoms with E-state index >= 15 is 0 Å². The molecule has 0 atom stereocenters. The van der Waals surface area contributed by atoms with Crippen molar-refractivity contribution >= 4 is 22.6 Å². The Morgan fingerprint density at radius 2 is 1.82 bits per heavy atom. The van der Waals surface area contributed by atoms with Crippen LogP contribution >= 0.6 is 0 Å². The summed E-state index contributed by atoms with van der Waals surface area (Å²) in [5.41, 5.74) is 5.31. The number of hydrogen-bond acceptors (Lipinski definition) is 1. The number of hydrogen-bond donors (Lipinski definition) is 1. The monoisotopic (exact) mass is 294 g/mol. The van der Waals surface area contributed by atoms with Gasteiger partial charge in [-0.2, -0.15) is 0 Å². The topological polar surface area (TPSA) is 37.9 Å².